The number of hydrogen-bond donors (Lipinski definition) is 2. The fraction of sp³-hybridized carbons (Fsp3) is 0.522. The molecule has 5 rings (SSSR count). The summed E-state index contributed by atoms with van der Waals surface area (Å²) in [7, 11) is 1.41. The fourth-order valence-corrected chi connectivity index (χ4v) is 4.51. The Balaban J connectivity index is 1.46. The lowest BCUT2D eigenvalue weighted by atomic mass is 9.78. The van der Waals surface area contributed by atoms with Crippen LogP contribution in [0.15, 0.2) is 30.3 Å². The molecule has 3 heterocycles. The first kappa shape index (κ1) is 20.0. The molecule has 158 valence electrons. The summed E-state index contributed by atoms with van der Waals surface area (Å²) < 4.78 is 17.8. The van der Waals surface area contributed by atoms with Crippen molar-refractivity contribution < 1.29 is 14.0 Å². The molecule has 0 unspecified atom stereocenters. The third-order valence-corrected chi connectivity index (χ3v) is 6.99. The van der Waals surface area contributed by atoms with Gasteiger partial charge in [-0.3, -0.25) is 0 Å². The van der Waals surface area contributed by atoms with E-state index in [1.165, 1.54) is 0 Å². The highest BCUT2D eigenvalue weighted by Crippen LogP contribution is 2.37. The predicted octanol–water partition coefficient (Wildman–Crippen LogP) is 3.31. The van der Waals surface area contributed by atoms with Crippen LogP contribution in [0.25, 0.3) is 21.8 Å². The molecule has 6 nitrogen and oxygen atoms in total. The second-order valence-corrected chi connectivity index (χ2v) is 9.67. The molecule has 0 spiro atoms. The molecule has 2 atom stereocenters. The predicted molar refractivity (Wildman–Crippen MR) is 120 cm³/mol. The fourth-order valence-electron chi connectivity index (χ4n) is 4.51. The molecule has 0 aliphatic carbocycles. The van der Waals surface area contributed by atoms with Gasteiger partial charge in [0.25, 0.3) is 0 Å². The zero-order chi connectivity index (χ0) is 21.1. The zero-order valence-electron chi connectivity index (χ0n) is 18.4. The van der Waals surface area contributed by atoms with Gasteiger partial charge in [0.2, 0.25) is 0 Å². The van der Waals surface area contributed by atoms with Gasteiger partial charge in [0.05, 0.1) is 34.9 Å². The minimum absolute atomic E-state index is 0.247. The first-order chi connectivity index (χ1) is 14.3. The quantitative estimate of drug-likeness (QED) is 0.650. The number of nitrogens with one attached hydrogen (secondary N) is 2. The number of imidazole rings is 1. The van der Waals surface area contributed by atoms with Gasteiger partial charge in [0.15, 0.2) is 0 Å². The topological polar surface area (TPSA) is 68.4 Å². The molecule has 3 aromatic rings. The number of fused-ring (bicyclic) bond motifs is 3. The van der Waals surface area contributed by atoms with Crippen LogP contribution in [-0.2, 0) is 14.0 Å². The van der Waals surface area contributed by atoms with E-state index in [0.29, 0.717) is 5.92 Å². The molecular formula is C23H30BN3O3. The third-order valence-electron chi connectivity index (χ3n) is 6.99. The van der Waals surface area contributed by atoms with Crippen molar-refractivity contribution in [1.82, 2.24) is 15.3 Å². The van der Waals surface area contributed by atoms with Gasteiger partial charge in [0, 0.05) is 19.0 Å². The second kappa shape index (κ2) is 7.06. The average molecular weight is 407 g/mol. The van der Waals surface area contributed by atoms with Crippen LogP contribution in [0.1, 0.15) is 46.0 Å². The molecule has 0 bridgehead atoms. The number of H-pyrrole nitrogens is 1. The number of rotatable bonds is 4. The van der Waals surface area contributed by atoms with Crippen LogP contribution in [-0.4, -0.2) is 48.5 Å². The molecule has 2 N–H and O–H groups in total. The third kappa shape index (κ3) is 3.25. The van der Waals surface area contributed by atoms with Crippen molar-refractivity contribution in [2.24, 2.45) is 5.92 Å². The first-order valence-electron chi connectivity index (χ1n) is 10.8. The molecule has 0 amide bonds. The monoisotopic (exact) mass is 407 g/mol. The van der Waals surface area contributed by atoms with E-state index < -0.39 is 0 Å². The van der Waals surface area contributed by atoms with E-state index in [9.17, 15) is 0 Å². The summed E-state index contributed by atoms with van der Waals surface area (Å²) in [5.74, 6) is 1.54. The maximum Gasteiger partial charge on any atom is 0.494 e. The zero-order valence-corrected chi connectivity index (χ0v) is 18.4. The maximum atomic E-state index is 6.23. The van der Waals surface area contributed by atoms with Gasteiger partial charge < -0.3 is 24.3 Å². The van der Waals surface area contributed by atoms with Crippen LogP contribution in [0.4, 0.5) is 0 Å². The number of methoxy groups -OCH3 is 1. The van der Waals surface area contributed by atoms with E-state index in [0.717, 1.165) is 52.7 Å². The van der Waals surface area contributed by atoms with Crippen molar-refractivity contribution in [2.75, 3.05) is 20.3 Å². The Morgan fingerprint density at radius 3 is 2.63 bits per heavy atom. The molecule has 30 heavy (non-hydrogen) atoms. The van der Waals surface area contributed by atoms with Crippen molar-refractivity contribution in [3.63, 3.8) is 0 Å². The number of hydrogen-bond acceptors (Lipinski definition) is 5. The van der Waals surface area contributed by atoms with Gasteiger partial charge in [0.1, 0.15) is 5.82 Å². The van der Waals surface area contributed by atoms with Crippen LogP contribution >= 0.6 is 0 Å². The number of nitrogens with zero attached hydrogens (tertiary/aromatic N) is 1. The van der Waals surface area contributed by atoms with Crippen LogP contribution < -0.4 is 10.8 Å². The Hall–Kier alpha value is -1.93. The summed E-state index contributed by atoms with van der Waals surface area (Å²) in [6.45, 7) is 10.1. The van der Waals surface area contributed by atoms with Gasteiger partial charge in [-0.2, -0.15) is 0 Å². The van der Waals surface area contributed by atoms with Gasteiger partial charge in [-0.15, -0.1) is 0 Å². The summed E-state index contributed by atoms with van der Waals surface area (Å²) in [5, 5.41) is 5.85. The van der Waals surface area contributed by atoms with Crippen LogP contribution in [0, 0.1) is 5.92 Å². The number of ether oxygens (including phenoxy) is 1. The summed E-state index contributed by atoms with van der Waals surface area (Å²) in [4.78, 5) is 8.49. The van der Waals surface area contributed by atoms with Crippen LogP contribution in [0.2, 0.25) is 0 Å². The first-order valence-corrected chi connectivity index (χ1v) is 10.8. The lowest BCUT2D eigenvalue weighted by Crippen LogP contribution is -2.41. The van der Waals surface area contributed by atoms with Gasteiger partial charge in [-0.05, 0) is 56.9 Å². The van der Waals surface area contributed by atoms with Gasteiger partial charge >= 0.3 is 7.12 Å². The van der Waals surface area contributed by atoms with E-state index in [1.807, 2.05) is 0 Å². The SMILES string of the molecule is COC[C@@H]1CN[C@H](c2nc3c(ccc4cc(B5OC(C)(C)C(C)(C)O5)ccc43)[nH]2)C1. The summed E-state index contributed by atoms with van der Waals surface area (Å²) in [6.07, 6.45) is 1.04. The van der Waals surface area contributed by atoms with Crippen molar-refractivity contribution in [3.05, 3.63) is 36.2 Å². The minimum Gasteiger partial charge on any atom is -0.399 e. The van der Waals surface area contributed by atoms with Crippen molar-refractivity contribution in [1.29, 1.82) is 0 Å². The van der Waals surface area contributed by atoms with E-state index in [2.05, 4.69) is 68.3 Å². The Morgan fingerprint density at radius 2 is 1.90 bits per heavy atom. The number of aromatic nitrogens is 2. The summed E-state index contributed by atoms with van der Waals surface area (Å²) in [5.41, 5.74) is 2.43. The minimum atomic E-state index is -0.356. The van der Waals surface area contributed by atoms with Crippen LogP contribution in [0.3, 0.4) is 0 Å². The lowest BCUT2D eigenvalue weighted by Gasteiger charge is -2.32. The Labute approximate surface area is 177 Å². The van der Waals surface area contributed by atoms with Crippen molar-refractivity contribution in [3.8, 4) is 0 Å². The Morgan fingerprint density at radius 1 is 1.13 bits per heavy atom. The number of benzene rings is 2. The van der Waals surface area contributed by atoms with Crippen molar-refractivity contribution >= 4 is 34.4 Å². The Bertz CT molecular complexity index is 1080. The molecule has 2 aliphatic heterocycles. The second-order valence-electron chi connectivity index (χ2n) is 9.67. The largest absolute Gasteiger partial charge is 0.494 e. The molecule has 2 fully saturated rings. The number of aromatic amines is 1. The van der Waals surface area contributed by atoms with E-state index in [1.54, 1.807) is 7.11 Å². The molecule has 2 saturated heterocycles. The highest BCUT2D eigenvalue weighted by atomic mass is 16.7. The molecule has 7 heteroatoms. The average Bonchev–Trinajstić information content (AvgIpc) is 3.38. The van der Waals surface area contributed by atoms with E-state index in [4.69, 9.17) is 19.0 Å². The highest BCUT2D eigenvalue weighted by Gasteiger charge is 2.51. The smallest absolute Gasteiger partial charge is 0.399 e. The standard InChI is InChI=1S/C23H30BN3O3/c1-22(2)23(3,4)30-24(29-22)16-7-8-17-15(11-16)6-9-18-20(17)27-21(26-18)19-10-14(12-25-19)13-28-5/h6-9,11,14,19,25H,10,12-13H2,1-5H3,(H,26,27)/t14-,19-/m0/s1. The van der Waals surface area contributed by atoms with E-state index in [-0.39, 0.29) is 24.4 Å². The molecular weight excluding hydrogens is 377 g/mol. The van der Waals surface area contributed by atoms with Crippen LogP contribution in [0.5, 0.6) is 0 Å². The molecule has 1 aromatic heterocycles. The molecule has 2 aromatic carbocycles. The normalized spacial score (nSPS) is 25.6. The van der Waals surface area contributed by atoms with Gasteiger partial charge in [-0.1, -0.05) is 24.3 Å². The lowest BCUT2D eigenvalue weighted by molar-refractivity contribution is 0.00578. The Kier molecular flexibility index (Phi) is 4.71. The molecule has 0 saturated carbocycles. The summed E-state index contributed by atoms with van der Waals surface area (Å²) >= 11 is 0. The van der Waals surface area contributed by atoms with Gasteiger partial charge in [-0.25, -0.2) is 4.98 Å². The van der Waals surface area contributed by atoms with Crippen molar-refractivity contribution in [2.45, 2.75) is 51.4 Å². The molecule has 0 radical (unpaired) electrons. The summed E-state index contributed by atoms with van der Waals surface area (Å²) in [6, 6.07) is 10.9. The van der Waals surface area contributed by atoms with E-state index >= 15 is 0 Å². The highest BCUT2D eigenvalue weighted by molar-refractivity contribution is 6.62. The molecule has 2 aliphatic rings. The maximum absolute atomic E-state index is 6.23.